The molecule has 0 bridgehead atoms. The molecule has 2 aromatic rings. The quantitative estimate of drug-likeness (QED) is 0.649. The summed E-state index contributed by atoms with van der Waals surface area (Å²) in [7, 11) is 0. The highest BCUT2D eigenvalue weighted by molar-refractivity contribution is 5.66. The number of hydrogen-bond donors (Lipinski definition) is 2. The van der Waals surface area contributed by atoms with Crippen LogP contribution in [0.25, 0.3) is 5.52 Å². The molecule has 0 spiro atoms. The van der Waals surface area contributed by atoms with Gasteiger partial charge in [-0.05, 0) is 18.9 Å². The van der Waals surface area contributed by atoms with Gasteiger partial charge in [-0.25, -0.2) is 9.50 Å². The van der Waals surface area contributed by atoms with E-state index in [-0.39, 0.29) is 0 Å². The van der Waals surface area contributed by atoms with Crippen molar-refractivity contribution in [1.29, 1.82) is 0 Å². The predicted molar refractivity (Wildman–Crippen MR) is 81.0 cm³/mol. The van der Waals surface area contributed by atoms with Gasteiger partial charge in [0, 0.05) is 31.5 Å². The molecule has 5 nitrogen and oxygen atoms in total. The highest BCUT2D eigenvalue weighted by atomic mass is 15.2. The van der Waals surface area contributed by atoms with E-state index in [2.05, 4.69) is 20.7 Å². The van der Waals surface area contributed by atoms with Crippen LogP contribution in [0.5, 0.6) is 0 Å². The third-order valence-electron chi connectivity index (χ3n) is 4.03. The van der Waals surface area contributed by atoms with Crippen LogP contribution >= 0.6 is 0 Å². The Morgan fingerprint density at radius 1 is 1.10 bits per heavy atom. The van der Waals surface area contributed by atoms with Crippen molar-refractivity contribution in [3.8, 4) is 0 Å². The maximum atomic E-state index is 4.38. The first-order valence-electron chi connectivity index (χ1n) is 7.69. The Labute approximate surface area is 119 Å². The molecule has 0 aromatic carbocycles. The molecule has 0 saturated heterocycles. The lowest BCUT2D eigenvalue weighted by Gasteiger charge is -2.16. The summed E-state index contributed by atoms with van der Waals surface area (Å²) in [6, 6.07) is 2.69. The fourth-order valence-corrected chi connectivity index (χ4v) is 2.93. The summed E-state index contributed by atoms with van der Waals surface area (Å²) in [5.41, 5.74) is 1.03. The van der Waals surface area contributed by atoms with Crippen molar-refractivity contribution in [2.24, 2.45) is 0 Å². The predicted octanol–water partition coefficient (Wildman–Crippen LogP) is 2.45. The molecule has 1 aliphatic rings. The molecule has 0 radical (unpaired) electrons. The standard InChI is InChI=1S/C15H23N5/c1-2-4-6-13(5-3-1)16-9-10-17-15-14-7-8-19-20(14)12-11-18-15/h7-8,11-13,16H,1-6,9-10H2,(H,17,18). The summed E-state index contributed by atoms with van der Waals surface area (Å²) >= 11 is 0. The Kier molecular flexibility index (Phi) is 4.48. The summed E-state index contributed by atoms with van der Waals surface area (Å²) in [6.07, 6.45) is 13.7. The zero-order valence-corrected chi connectivity index (χ0v) is 11.9. The Balaban J connectivity index is 1.46. The molecular formula is C15H23N5. The third-order valence-corrected chi connectivity index (χ3v) is 4.03. The van der Waals surface area contributed by atoms with E-state index in [0.717, 1.165) is 24.4 Å². The molecule has 0 unspecified atom stereocenters. The third kappa shape index (κ3) is 3.28. The van der Waals surface area contributed by atoms with Gasteiger partial charge < -0.3 is 10.6 Å². The van der Waals surface area contributed by atoms with Gasteiger partial charge in [0.25, 0.3) is 0 Å². The van der Waals surface area contributed by atoms with E-state index in [4.69, 9.17) is 0 Å². The van der Waals surface area contributed by atoms with Gasteiger partial charge in [-0.2, -0.15) is 5.10 Å². The molecule has 2 heterocycles. The molecular weight excluding hydrogens is 250 g/mol. The lowest BCUT2D eigenvalue weighted by molar-refractivity contribution is 0.468. The fourth-order valence-electron chi connectivity index (χ4n) is 2.93. The topological polar surface area (TPSA) is 54.2 Å². The van der Waals surface area contributed by atoms with Crippen LogP contribution in [0.4, 0.5) is 5.82 Å². The smallest absolute Gasteiger partial charge is 0.152 e. The summed E-state index contributed by atoms with van der Waals surface area (Å²) in [6.45, 7) is 1.88. The minimum absolute atomic E-state index is 0.706. The summed E-state index contributed by atoms with van der Waals surface area (Å²) in [4.78, 5) is 4.38. The van der Waals surface area contributed by atoms with E-state index >= 15 is 0 Å². The van der Waals surface area contributed by atoms with E-state index in [0.29, 0.717) is 6.04 Å². The van der Waals surface area contributed by atoms with E-state index < -0.39 is 0 Å². The van der Waals surface area contributed by atoms with Gasteiger partial charge in [-0.3, -0.25) is 0 Å². The van der Waals surface area contributed by atoms with Crippen LogP contribution in [0.3, 0.4) is 0 Å². The number of nitrogens with one attached hydrogen (secondary N) is 2. The monoisotopic (exact) mass is 273 g/mol. The van der Waals surface area contributed by atoms with Crippen LogP contribution < -0.4 is 10.6 Å². The summed E-state index contributed by atoms with van der Waals surface area (Å²) < 4.78 is 1.84. The minimum Gasteiger partial charge on any atom is -0.367 e. The molecule has 0 aliphatic heterocycles. The van der Waals surface area contributed by atoms with Crippen LogP contribution in [0, 0.1) is 0 Å². The number of rotatable bonds is 5. The molecule has 20 heavy (non-hydrogen) atoms. The maximum absolute atomic E-state index is 4.38. The average molecular weight is 273 g/mol. The fraction of sp³-hybridized carbons (Fsp3) is 0.600. The molecule has 108 valence electrons. The number of hydrogen-bond acceptors (Lipinski definition) is 4. The van der Waals surface area contributed by atoms with Crippen molar-refractivity contribution in [3.63, 3.8) is 0 Å². The van der Waals surface area contributed by atoms with Crippen molar-refractivity contribution in [2.45, 2.75) is 44.6 Å². The second kappa shape index (κ2) is 6.70. The molecule has 0 atom stereocenters. The molecule has 0 amide bonds. The van der Waals surface area contributed by atoms with Crippen LogP contribution in [-0.2, 0) is 0 Å². The van der Waals surface area contributed by atoms with Crippen molar-refractivity contribution >= 4 is 11.3 Å². The first-order chi connectivity index (χ1) is 9.93. The van der Waals surface area contributed by atoms with Crippen LogP contribution in [0.2, 0.25) is 0 Å². The van der Waals surface area contributed by atoms with Gasteiger partial charge >= 0.3 is 0 Å². The second-order valence-corrected chi connectivity index (χ2v) is 5.51. The molecule has 5 heteroatoms. The highest BCUT2D eigenvalue weighted by Gasteiger charge is 2.10. The molecule has 2 aromatic heterocycles. The van der Waals surface area contributed by atoms with Crippen molar-refractivity contribution in [2.75, 3.05) is 18.4 Å². The van der Waals surface area contributed by atoms with Crippen LogP contribution in [0.15, 0.2) is 24.7 Å². The zero-order valence-electron chi connectivity index (χ0n) is 11.9. The first-order valence-corrected chi connectivity index (χ1v) is 7.69. The highest BCUT2D eigenvalue weighted by Crippen LogP contribution is 2.17. The Hall–Kier alpha value is -1.62. The van der Waals surface area contributed by atoms with Crippen molar-refractivity contribution < 1.29 is 0 Å². The summed E-state index contributed by atoms with van der Waals surface area (Å²) in [5.74, 6) is 0.910. The van der Waals surface area contributed by atoms with Crippen LogP contribution in [-0.4, -0.2) is 33.7 Å². The first kappa shape index (κ1) is 13.4. The maximum Gasteiger partial charge on any atom is 0.152 e. The zero-order chi connectivity index (χ0) is 13.6. The molecule has 1 aliphatic carbocycles. The van der Waals surface area contributed by atoms with Gasteiger partial charge in [0.15, 0.2) is 5.82 Å². The Morgan fingerprint density at radius 3 is 2.80 bits per heavy atom. The second-order valence-electron chi connectivity index (χ2n) is 5.51. The molecule has 1 fully saturated rings. The number of anilines is 1. The van der Waals surface area contributed by atoms with Crippen molar-refractivity contribution in [3.05, 3.63) is 24.7 Å². The average Bonchev–Trinajstić information content (AvgIpc) is 2.81. The Bertz CT molecular complexity index is 528. The largest absolute Gasteiger partial charge is 0.367 e. The number of fused-ring (bicyclic) bond motifs is 1. The summed E-state index contributed by atoms with van der Waals surface area (Å²) in [5, 5.41) is 11.3. The van der Waals surface area contributed by atoms with E-state index in [1.807, 2.05) is 16.8 Å². The van der Waals surface area contributed by atoms with E-state index in [1.165, 1.54) is 38.5 Å². The van der Waals surface area contributed by atoms with E-state index in [9.17, 15) is 0 Å². The Morgan fingerprint density at radius 2 is 1.95 bits per heavy atom. The van der Waals surface area contributed by atoms with Gasteiger partial charge in [-0.1, -0.05) is 25.7 Å². The van der Waals surface area contributed by atoms with Gasteiger partial charge in [0.1, 0.15) is 5.52 Å². The number of aromatic nitrogens is 3. The lowest BCUT2D eigenvalue weighted by atomic mass is 10.1. The lowest BCUT2D eigenvalue weighted by Crippen LogP contribution is -2.32. The van der Waals surface area contributed by atoms with Gasteiger partial charge in [-0.15, -0.1) is 0 Å². The van der Waals surface area contributed by atoms with Crippen LogP contribution in [0.1, 0.15) is 38.5 Å². The SMILES string of the molecule is c1cn2nccc2c(NCCNC2CCCCCC2)n1. The minimum atomic E-state index is 0.706. The normalized spacial score (nSPS) is 17.2. The van der Waals surface area contributed by atoms with Gasteiger partial charge in [0.05, 0.1) is 6.20 Å². The molecule has 2 N–H and O–H groups in total. The number of nitrogens with zero attached hydrogens (tertiary/aromatic N) is 3. The molecule has 3 rings (SSSR count). The van der Waals surface area contributed by atoms with E-state index in [1.54, 1.807) is 12.4 Å². The van der Waals surface area contributed by atoms with Gasteiger partial charge in [0.2, 0.25) is 0 Å². The molecule has 1 saturated carbocycles. The van der Waals surface area contributed by atoms with Crippen molar-refractivity contribution in [1.82, 2.24) is 19.9 Å².